The van der Waals surface area contributed by atoms with Crippen molar-refractivity contribution in [3.63, 3.8) is 0 Å². The maximum atomic E-state index is 12.6. The van der Waals surface area contributed by atoms with Crippen molar-refractivity contribution < 1.29 is 23.7 Å². The molecule has 2 aliphatic heterocycles. The van der Waals surface area contributed by atoms with Crippen molar-refractivity contribution in [1.82, 2.24) is 4.90 Å². The van der Waals surface area contributed by atoms with E-state index in [0.717, 1.165) is 37.2 Å². The van der Waals surface area contributed by atoms with E-state index < -0.39 is 6.10 Å². The van der Waals surface area contributed by atoms with E-state index in [-0.39, 0.29) is 12.2 Å². The van der Waals surface area contributed by atoms with Gasteiger partial charge in [-0.1, -0.05) is 12.1 Å². The molecule has 0 N–H and O–H groups in total. The normalized spacial score (nSPS) is 20.6. The Bertz CT molecular complexity index is 565. The molecule has 1 aromatic rings. The molecule has 1 aromatic carbocycles. The van der Waals surface area contributed by atoms with Gasteiger partial charge in [-0.05, 0) is 37.5 Å². The second-order valence-corrected chi connectivity index (χ2v) is 6.58. The zero-order chi connectivity index (χ0) is 17.6. The van der Waals surface area contributed by atoms with E-state index in [9.17, 15) is 4.79 Å². The van der Waals surface area contributed by atoms with Gasteiger partial charge >= 0.3 is 0 Å². The Labute approximate surface area is 149 Å². The van der Waals surface area contributed by atoms with Gasteiger partial charge in [-0.3, -0.25) is 4.79 Å². The average Bonchev–Trinajstić information content (AvgIpc) is 3.20. The molecular formula is C19H27NO5. The number of piperidine rings is 1. The molecular weight excluding hydrogens is 322 g/mol. The standard InChI is InChI=1S/C19H27NO5/c1-14(25-13-15-4-3-5-17(12-15)22-2)18(21)20-8-6-16(7-9-20)19-23-10-11-24-19/h3-5,12,14,16,19H,6-11,13H2,1-2H3. The van der Waals surface area contributed by atoms with Gasteiger partial charge < -0.3 is 23.8 Å². The van der Waals surface area contributed by atoms with E-state index in [1.807, 2.05) is 36.1 Å². The Morgan fingerprint density at radius 3 is 2.68 bits per heavy atom. The molecule has 1 atom stereocenters. The molecule has 0 spiro atoms. The largest absolute Gasteiger partial charge is 0.497 e. The summed E-state index contributed by atoms with van der Waals surface area (Å²) >= 11 is 0. The predicted molar refractivity (Wildman–Crippen MR) is 92.2 cm³/mol. The highest BCUT2D eigenvalue weighted by Crippen LogP contribution is 2.26. The van der Waals surface area contributed by atoms with Gasteiger partial charge in [-0.15, -0.1) is 0 Å². The van der Waals surface area contributed by atoms with Gasteiger partial charge in [0.1, 0.15) is 11.9 Å². The van der Waals surface area contributed by atoms with E-state index in [0.29, 0.717) is 25.7 Å². The van der Waals surface area contributed by atoms with Crippen LogP contribution < -0.4 is 4.74 Å². The number of hydrogen-bond donors (Lipinski definition) is 0. The van der Waals surface area contributed by atoms with Crippen LogP contribution in [0.5, 0.6) is 5.75 Å². The second-order valence-electron chi connectivity index (χ2n) is 6.58. The van der Waals surface area contributed by atoms with Crippen LogP contribution in [0, 0.1) is 5.92 Å². The Kier molecular flexibility index (Phi) is 6.29. The molecule has 0 saturated carbocycles. The van der Waals surface area contributed by atoms with Crippen molar-refractivity contribution in [1.29, 1.82) is 0 Å². The number of rotatable bonds is 6. The van der Waals surface area contributed by atoms with Gasteiger partial charge in [0.25, 0.3) is 5.91 Å². The molecule has 1 unspecified atom stereocenters. The first kappa shape index (κ1) is 18.2. The molecule has 2 saturated heterocycles. The van der Waals surface area contributed by atoms with Crippen molar-refractivity contribution >= 4 is 5.91 Å². The Balaban J connectivity index is 1.44. The first-order valence-electron chi connectivity index (χ1n) is 8.94. The number of amides is 1. The third kappa shape index (κ3) is 4.71. The Morgan fingerprint density at radius 1 is 1.28 bits per heavy atom. The molecule has 0 bridgehead atoms. The lowest BCUT2D eigenvalue weighted by Crippen LogP contribution is -2.45. The summed E-state index contributed by atoms with van der Waals surface area (Å²) in [6.07, 6.45) is 1.29. The summed E-state index contributed by atoms with van der Waals surface area (Å²) in [5, 5.41) is 0. The van der Waals surface area contributed by atoms with Crippen molar-refractivity contribution in [2.24, 2.45) is 5.92 Å². The topological polar surface area (TPSA) is 57.2 Å². The van der Waals surface area contributed by atoms with Crippen LogP contribution >= 0.6 is 0 Å². The van der Waals surface area contributed by atoms with Crippen molar-refractivity contribution in [2.45, 2.75) is 38.8 Å². The highest BCUT2D eigenvalue weighted by Gasteiger charge is 2.33. The zero-order valence-electron chi connectivity index (χ0n) is 15.0. The highest BCUT2D eigenvalue weighted by atomic mass is 16.7. The molecule has 138 valence electrons. The SMILES string of the molecule is COc1cccc(COC(C)C(=O)N2CCC(C3OCCO3)CC2)c1. The van der Waals surface area contributed by atoms with E-state index in [1.54, 1.807) is 7.11 Å². The van der Waals surface area contributed by atoms with E-state index in [4.69, 9.17) is 18.9 Å². The van der Waals surface area contributed by atoms with Crippen LogP contribution in [-0.4, -0.2) is 56.6 Å². The molecule has 0 aromatic heterocycles. The zero-order valence-corrected chi connectivity index (χ0v) is 15.0. The lowest BCUT2D eigenvalue weighted by molar-refractivity contribution is -0.148. The molecule has 2 fully saturated rings. The van der Waals surface area contributed by atoms with Crippen molar-refractivity contribution in [2.75, 3.05) is 33.4 Å². The first-order chi connectivity index (χ1) is 12.2. The van der Waals surface area contributed by atoms with E-state index in [2.05, 4.69) is 0 Å². The van der Waals surface area contributed by atoms with Crippen LogP contribution in [0.25, 0.3) is 0 Å². The molecule has 3 rings (SSSR count). The van der Waals surface area contributed by atoms with Crippen LogP contribution in [-0.2, 0) is 25.6 Å². The summed E-state index contributed by atoms with van der Waals surface area (Å²) in [7, 11) is 1.64. The molecule has 6 nitrogen and oxygen atoms in total. The molecule has 0 radical (unpaired) electrons. The summed E-state index contributed by atoms with van der Waals surface area (Å²) in [6, 6.07) is 7.69. The van der Waals surface area contributed by atoms with Gasteiger partial charge in [0.05, 0.1) is 26.9 Å². The van der Waals surface area contributed by atoms with E-state index in [1.165, 1.54) is 0 Å². The lowest BCUT2D eigenvalue weighted by atomic mass is 9.96. The van der Waals surface area contributed by atoms with Crippen molar-refractivity contribution in [3.8, 4) is 5.75 Å². The van der Waals surface area contributed by atoms with Crippen LogP contribution in [0.2, 0.25) is 0 Å². The van der Waals surface area contributed by atoms with Crippen LogP contribution in [0.3, 0.4) is 0 Å². The van der Waals surface area contributed by atoms with Gasteiger partial charge in [-0.25, -0.2) is 0 Å². The van der Waals surface area contributed by atoms with Gasteiger partial charge in [0.2, 0.25) is 0 Å². The number of ether oxygens (including phenoxy) is 4. The van der Waals surface area contributed by atoms with Gasteiger partial charge in [0.15, 0.2) is 6.29 Å². The average molecular weight is 349 g/mol. The summed E-state index contributed by atoms with van der Waals surface area (Å²) in [5.41, 5.74) is 0.994. The fraction of sp³-hybridized carbons (Fsp3) is 0.632. The number of hydrogen-bond acceptors (Lipinski definition) is 5. The fourth-order valence-corrected chi connectivity index (χ4v) is 3.35. The van der Waals surface area contributed by atoms with Gasteiger partial charge in [0, 0.05) is 19.0 Å². The van der Waals surface area contributed by atoms with Crippen LogP contribution in [0.4, 0.5) is 0 Å². The molecule has 2 aliphatic rings. The minimum atomic E-state index is -0.457. The maximum absolute atomic E-state index is 12.6. The number of benzene rings is 1. The molecule has 1 amide bonds. The summed E-state index contributed by atoms with van der Waals surface area (Å²) in [5.74, 6) is 1.23. The smallest absolute Gasteiger partial charge is 0.251 e. The Morgan fingerprint density at radius 2 is 2.00 bits per heavy atom. The van der Waals surface area contributed by atoms with Crippen LogP contribution in [0.1, 0.15) is 25.3 Å². The van der Waals surface area contributed by atoms with Gasteiger partial charge in [-0.2, -0.15) is 0 Å². The number of methoxy groups -OCH3 is 1. The number of nitrogens with zero attached hydrogens (tertiary/aromatic N) is 1. The van der Waals surface area contributed by atoms with Crippen LogP contribution in [0.15, 0.2) is 24.3 Å². The maximum Gasteiger partial charge on any atom is 0.251 e. The minimum Gasteiger partial charge on any atom is -0.497 e. The second kappa shape index (κ2) is 8.65. The summed E-state index contributed by atoms with van der Waals surface area (Å²) in [4.78, 5) is 14.5. The predicted octanol–water partition coefficient (Wildman–Crippen LogP) is 2.21. The minimum absolute atomic E-state index is 0.0506. The monoisotopic (exact) mass is 349 g/mol. The molecule has 6 heteroatoms. The van der Waals surface area contributed by atoms with Crippen molar-refractivity contribution in [3.05, 3.63) is 29.8 Å². The first-order valence-corrected chi connectivity index (χ1v) is 8.94. The fourth-order valence-electron chi connectivity index (χ4n) is 3.35. The third-order valence-corrected chi connectivity index (χ3v) is 4.87. The number of carbonyl (C=O) groups excluding carboxylic acids is 1. The number of carbonyl (C=O) groups is 1. The highest BCUT2D eigenvalue weighted by molar-refractivity contribution is 5.80. The third-order valence-electron chi connectivity index (χ3n) is 4.87. The quantitative estimate of drug-likeness (QED) is 0.788. The Hall–Kier alpha value is -1.63. The summed E-state index contributed by atoms with van der Waals surface area (Å²) < 4.78 is 22.1. The molecule has 25 heavy (non-hydrogen) atoms. The lowest BCUT2D eigenvalue weighted by Gasteiger charge is -2.35. The van der Waals surface area contributed by atoms with E-state index >= 15 is 0 Å². The molecule has 2 heterocycles. The summed E-state index contributed by atoms with van der Waals surface area (Å²) in [6.45, 7) is 5.04. The molecule has 0 aliphatic carbocycles. The number of likely N-dealkylation sites (tertiary alicyclic amines) is 1.